The first-order chi connectivity index (χ1) is 13.4. The summed E-state index contributed by atoms with van der Waals surface area (Å²) >= 11 is 7.41. The summed E-state index contributed by atoms with van der Waals surface area (Å²) in [5, 5.41) is 8.12. The minimum Gasteiger partial charge on any atom is -0.351 e. The van der Waals surface area contributed by atoms with Crippen molar-refractivity contribution in [3.8, 4) is 5.69 Å². The third kappa shape index (κ3) is 5.03. The van der Waals surface area contributed by atoms with Crippen LogP contribution in [0.15, 0.2) is 70.5 Å². The van der Waals surface area contributed by atoms with Crippen LogP contribution in [0.1, 0.15) is 18.1 Å². The second-order valence-corrected chi connectivity index (χ2v) is 8.09. The summed E-state index contributed by atoms with van der Waals surface area (Å²) in [5.41, 5.74) is 2.44. The molecule has 0 radical (unpaired) electrons. The standard InChI is InChI=1S/C21H20ClN3O2S/c1-14-7-9-17(10-8-14)25-20(26)12-11-19(24-25)28-15(2)21(27)23-13-16-5-3-4-6-18(16)22/h3-12,15H,13H2,1-2H3,(H,23,27). The van der Waals surface area contributed by atoms with Crippen molar-refractivity contribution in [1.29, 1.82) is 0 Å². The molecule has 7 heteroatoms. The Labute approximate surface area is 172 Å². The number of nitrogens with zero attached hydrogens (tertiary/aromatic N) is 2. The van der Waals surface area contributed by atoms with Gasteiger partial charge in [-0.3, -0.25) is 9.59 Å². The molecule has 2 aromatic carbocycles. The number of carbonyl (C=O) groups is 1. The van der Waals surface area contributed by atoms with Gasteiger partial charge < -0.3 is 5.32 Å². The number of benzene rings is 2. The van der Waals surface area contributed by atoms with Crippen molar-refractivity contribution < 1.29 is 4.79 Å². The van der Waals surface area contributed by atoms with Crippen LogP contribution in [0.4, 0.5) is 0 Å². The van der Waals surface area contributed by atoms with E-state index in [0.717, 1.165) is 11.1 Å². The molecular formula is C21H20ClN3O2S. The van der Waals surface area contributed by atoms with Gasteiger partial charge in [0.2, 0.25) is 5.91 Å². The number of halogens is 1. The Morgan fingerprint density at radius 3 is 2.57 bits per heavy atom. The highest BCUT2D eigenvalue weighted by Crippen LogP contribution is 2.21. The third-order valence-corrected chi connectivity index (χ3v) is 5.53. The van der Waals surface area contributed by atoms with Crippen molar-refractivity contribution in [2.45, 2.75) is 30.7 Å². The molecule has 0 fully saturated rings. The van der Waals surface area contributed by atoms with E-state index in [1.54, 1.807) is 19.1 Å². The molecule has 3 rings (SSSR count). The number of hydrogen-bond acceptors (Lipinski definition) is 4. The zero-order chi connectivity index (χ0) is 20.1. The lowest BCUT2D eigenvalue weighted by Crippen LogP contribution is -2.30. The maximum atomic E-state index is 12.4. The number of amides is 1. The Kier molecular flexibility index (Phi) is 6.54. The molecule has 1 heterocycles. The molecular weight excluding hydrogens is 394 g/mol. The predicted octanol–water partition coefficient (Wildman–Crippen LogP) is 3.99. The molecule has 0 aliphatic carbocycles. The fourth-order valence-electron chi connectivity index (χ4n) is 2.53. The highest BCUT2D eigenvalue weighted by Gasteiger charge is 2.16. The van der Waals surface area contributed by atoms with Crippen molar-refractivity contribution in [2.75, 3.05) is 0 Å². The monoisotopic (exact) mass is 413 g/mol. The highest BCUT2D eigenvalue weighted by atomic mass is 35.5. The molecule has 1 amide bonds. The zero-order valence-electron chi connectivity index (χ0n) is 15.6. The lowest BCUT2D eigenvalue weighted by molar-refractivity contribution is -0.120. The number of thioether (sulfide) groups is 1. The van der Waals surface area contributed by atoms with Crippen LogP contribution in [-0.2, 0) is 11.3 Å². The molecule has 5 nitrogen and oxygen atoms in total. The number of aromatic nitrogens is 2. The maximum Gasteiger partial charge on any atom is 0.271 e. The number of rotatable bonds is 6. The number of nitrogens with one attached hydrogen (secondary N) is 1. The maximum absolute atomic E-state index is 12.4. The molecule has 1 N–H and O–H groups in total. The van der Waals surface area contributed by atoms with Gasteiger partial charge in [0, 0.05) is 17.6 Å². The summed E-state index contributed by atoms with van der Waals surface area (Å²) in [4.78, 5) is 24.6. The van der Waals surface area contributed by atoms with E-state index in [1.807, 2.05) is 49.4 Å². The Morgan fingerprint density at radius 1 is 1.14 bits per heavy atom. The lowest BCUT2D eigenvalue weighted by atomic mass is 10.2. The molecule has 1 unspecified atom stereocenters. The molecule has 3 aromatic rings. The van der Waals surface area contributed by atoms with Crippen LogP contribution in [0.5, 0.6) is 0 Å². The average molecular weight is 414 g/mol. The van der Waals surface area contributed by atoms with Gasteiger partial charge in [0.1, 0.15) is 5.03 Å². The summed E-state index contributed by atoms with van der Waals surface area (Å²) in [7, 11) is 0. The van der Waals surface area contributed by atoms with Gasteiger partial charge in [0.15, 0.2) is 0 Å². The first-order valence-electron chi connectivity index (χ1n) is 8.79. The fourth-order valence-corrected chi connectivity index (χ4v) is 3.56. The van der Waals surface area contributed by atoms with Crippen LogP contribution < -0.4 is 10.9 Å². The first kappa shape index (κ1) is 20.2. The molecule has 1 atom stereocenters. The van der Waals surface area contributed by atoms with Crippen LogP contribution in [0.25, 0.3) is 5.69 Å². The van der Waals surface area contributed by atoms with Gasteiger partial charge in [-0.15, -0.1) is 0 Å². The van der Waals surface area contributed by atoms with Gasteiger partial charge in [0.05, 0.1) is 10.9 Å². The van der Waals surface area contributed by atoms with Crippen molar-refractivity contribution >= 4 is 29.3 Å². The highest BCUT2D eigenvalue weighted by molar-refractivity contribution is 8.00. The molecule has 0 spiro atoms. The molecule has 144 valence electrons. The SMILES string of the molecule is Cc1ccc(-n2nc(SC(C)C(=O)NCc3ccccc3Cl)ccc2=O)cc1. The van der Waals surface area contributed by atoms with Crippen molar-refractivity contribution in [1.82, 2.24) is 15.1 Å². The summed E-state index contributed by atoms with van der Waals surface area (Å²) in [6.07, 6.45) is 0. The van der Waals surface area contributed by atoms with Crippen molar-refractivity contribution in [2.24, 2.45) is 0 Å². The van der Waals surface area contributed by atoms with Crippen LogP contribution in [0.2, 0.25) is 5.02 Å². The van der Waals surface area contributed by atoms with E-state index >= 15 is 0 Å². The number of carbonyl (C=O) groups excluding carboxylic acids is 1. The first-order valence-corrected chi connectivity index (χ1v) is 10.0. The molecule has 0 bridgehead atoms. The van der Waals surface area contributed by atoms with E-state index in [0.29, 0.717) is 22.3 Å². The predicted molar refractivity (Wildman–Crippen MR) is 113 cm³/mol. The van der Waals surface area contributed by atoms with E-state index in [-0.39, 0.29) is 16.7 Å². The van der Waals surface area contributed by atoms with Gasteiger partial charge in [-0.05, 0) is 43.7 Å². The molecule has 0 aliphatic heterocycles. The fraction of sp³-hybridized carbons (Fsp3) is 0.190. The quantitative estimate of drug-likeness (QED) is 0.620. The van der Waals surface area contributed by atoms with E-state index in [4.69, 9.17) is 11.6 Å². The summed E-state index contributed by atoms with van der Waals surface area (Å²) in [6, 6.07) is 18.0. The average Bonchev–Trinajstić information content (AvgIpc) is 2.69. The molecule has 28 heavy (non-hydrogen) atoms. The van der Waals surface area contributed by atoms with Crippen molar-refractivity contribution in [3.05, 3.63) is 87.2 Å². The molecule has 0 saturated heterocycles. The van der Waals surface area contributed by atoms with Crippen LogP contribution >= 0.6 is 23.4 Å². The van der Waals surface area contributed by atoms with E-state index in [9.17, 15) is 9.59 Å². The van der Waals surface area contributed by atoms with Crippen LogP contribution in [-0.4, -0.2) is 20.9 Å². The summed E-state index contributed by atoms with van der Waals surface area (Å²) in [6.45, 7) is 4.14. The van der Waals surface area contributed by atoms with Crippen LogP contribution in [0, 0.1) is 6.92 Å². The largest absolute Gasteiger partial charge is 0.351 e. The number of aryl methyl sites for hydroxylation is 1. The lowest BCUT2D eigenvalue weighted by Gasteiger charge is -2.13. The van der Waals surface area contributed by atoms with Gasteiger partial charge in [-0.25, -0.2) is 0 Å². The van der Waals surface area contributed by atoms with Crippen LogP contribution in [0.3, 0.4) is 0 Å². The van der Waals surface area contributed by atoms with E-state index in [2.05, 4.69) is 10.4 Å². The Bertz CT molecular complexity index is 1030. The second-order valence-electron chi connectivity index (χ2n) is 6.33. The molecule has 0 saturated carbocycles. The summed E-state index contributed by atoms with van der Waals surface area (Å²) < 4.78 is 1.34. The van der Waals surface area contributed by atoms with Crippen molar-refractivity contribution in [3.63, 3.8) is 0 Å². The minimum absolute atomic E-state index is 0.125. The molecule has 0 aliphatic rings. The van der Waals surface area contributed by atoms with Gasteiger partial charge >= 0.3 is 0 Å². The van der Waals surface area contributed by atoms with Gasteiger partial charge in [-0.1, -0.05) is 59.3 Å². The summed E-state index contributed by atoms with van der Waals surface area (Å²) in [5.74, 6) is -0.125. The topological polar surface area (TPSA) is 64.0 Å². The minimum atomic E-state index is -0.376. The Hall–Kier alpha value is -2.57. The van der Waals surface area contributed by atoms with Gasteiger partial charge in [-0.2, -0.15) is 9.78 Å². The third-order valence-electron chi connectivity index (χ3n) is 4.13. The zero-order valence-corrected chi connectivity index (χ0v) is 17.1. The smallest absolute Gasteiger partial charge is 0.271 e. The van der Waals surface area contributed by atoms with Gasteiger partial charge in [0.25, 0.3) is 5.56 Å². The second kappa shape index (κ2) is 9.08. The van der Waals surface area contributed by atoms with E-state index in [1.165, 1.54) is 22.5 Å². The Morgan fingerprint density at radius 2 is 1.86 bits per heavy atom. The van der Waals surface area contributed by atoms with E-state index < -0.39 is 0 Å². The Balaban J connectivity index is 1.68. The normalized spacial score (nSPS) is 11.8. The molecule has 1 aromatic heterocycles. The number of hydrogen-bond donors (Lipinski definition) is 1.